The van der Waals surface area contributed by atoms with Gasteiger partial charge in [0, 0.05) is 22.2 Å². The molecule has 1 heterocycles. The van der Waals surface area contributed by atoms with Crippen LogP contribution in [0.2, 0.25) is 5.02 Å². The number of rotatable bonds is 4. The van der Waals surface area contributed by atoms with E-state index in [0.717, 1.165) is 22.0 Å². The van der Waals surface area contributed by atoms with Crippen molar-refractivity contribution in [2.75, 3.05) is 11.6 Å². The van der Waals surface area contributed by atoms with Crippen LogP contribution in [0.25, 0.3) is 22.0 Å². The zero-order valence-electron chi connectivity index (χ0n) is 16.0. The molecule has 150 valence electrons. The number of aromatic nitrogens is 1. The number of carbonyl (C=O) groups is 1. The van der Waals surface area contributed by atoms with E-state index in [1.165, 1.54) is 6.26 Å². The van der Waals surface area contributed by atoms with Crippen LogP contribution in [0.1, 0.15) is 10.4 Å². The third-order valence-corrected chi connectivity index (χ3v) is 6.00. The van der Waals surface area contributed by atoms with Crippen LogP contribution in [0.3, 0.4) is 0 Å². The first kappa shape index (κ1) is 20.1. The molecule has 1 amide bonds. The Morgan fingerprint density at radius 3 is 2.33 bits per heavy atom. The molecular formula is C23H17ClN2O3S. The highest BCUT2D eigenvalue weighted by Crippen LogP contribution is 2.26. The van der Waals surface area contributed by atoms with Crippen molar-refractivity contribution in [1.82, 2.24) is 4.98 Å². The van der Waals surface area contributed by atoms with Crippen molar-refractivity contribution < 1.29 is 13.2 Å². The van der Waals surface area contributed by atoms with Crippen LogP contribution in [0, 0.1) is 0 Å². The number of halogens is 1. The van der Waals surface area contributed by atoms with E-state index in [9.17, 15) is 13.2 Å². The van der Waals surface area contributed by atoms with Crippen LogP contribution < -0.4 is 5.32 Å². The quantitative estimate of drug-likeness (QED) is 0.476. The van der Waals surface area contributed by atoms with E-state index in [0.29, 0.717) is 16.4 Å². The summed E-state index contributed by atoms with van der Waals surface area (Å²) < 4.78 is 23.3. The summed E-state index contributed by atoms with van der Waals surface area (Å²) in [4.78, 5) is 17.2. The number of benzene rings is 3. The maximum absolute atomic E-state index is 12.4. The Morgan fingerprint density at radius 2 is 1.63 bits per heavy atom. The minimum Gasteiger partial charge on any atom is -0.307 e. The second-order valence-corrected chi connectivity index (χ2v) is 9.32. The van der Waals surface area contributed by atoms with Crippen LogP contribution in [0.5, 0.6) is 0 Å². The molecule has 0 atom stereocenters. The maximum Gasteiger partial charge on any atom is 0.256 e. The number of carbonyl (C=O) groups excluding carboxylic acids is 1. The molecule has 0 aliphatic rings. The lowest BCUT2D eigenvalue weighted by atomic mass is 10.0. The molecule has 7 heteroatoms. The van der Waals surface area contributed by atoms with Crippen molar-refractivity contribution >= 4 is 44.1 Å². The van der Waals surface area contributed by atoms with Gasteiger partial charge in [-0.05, 0) is 65.7 Å². The van der Waals surface area contributed by atoms with Crippen LogP contribution >= 0.6 is 11.6 Å². The molecule has 0 fully saturated rings. The van der Waals surface area contributed by atoms with Gasteiger partial charge in [0.15, 0.2) is 9.84 Å². The molecule has 0 aliphatic heterocycles. The van der Waals surface area contributed by atoms with E-state index in [1.807, 2.05) is 24.3 Å². The average molecular weight is 437 g/mol. The van der Waals surface area contributed by atoms with E-state index >= 15 is 0 Å². The van der Waals surface area contributed by atoms with Gasteiger partial charge in [-0.2, -0.15) is 0 Å². The van der Waals surface area contributed by atoms with Gasteiger partial charge in [-0.3, -0.25) is 4.79 Å². The highest BCUT2D eigenvalue weighted by Gasteiger charge is 2.10. The molecule has 0 aliphatic carbocycles. The molecule has 0 unspecified atom stereocenters. The highest BCUT2D eigenvalue weighted by atomic mass is 35.5. The molecular weight excluding hydrogens is 420 g/mol. The van der Waals surface area contributed by atoms with Gasteiger partial charge < -0.3 is 5.32 Å². The topological polar surface area (TPSA) is 76.1 Å². The maximum atomic E-state index is 12.4. The molecule has 3 aromatic carbocycles. The summed E-state index contributed by atoms with van der Waals surface area (Å²) in [7, 11) is -3.23. The summed E-state index contributed by atoms with van der Waals surface area (Å²) >= 11 is 5.94. The fourth-order valence-corrected chi connectivity index (χ4v) is 3.91. The molecule has 0 saturated carbocycles. The summed E-state index contributed by atoms with van der Waals surface area (Å²) in [6.45, 7) is 0. The van der Waals surface area contributed by atoms with Gasteiger partial charge in [-0.25, -0.2) is 13.4 Å². The minimum atomic E-state index is -3.23. The predicted octanol–water partition coefficient (Wildman–Crippen LogP) is 5.21. The first-order valence-corrected chi connectivity index (χ1v) is 11.3. The fraction of sp³-hybridized carbons (Fsp3) is 0.0435. The standard InChI is InChI=1S/C23H17ClN2O3S/c1-30(28,29)20-9-5-15(6-10-20)16-7-11-21-17(13-16)8-12-22(25-21)26-23(27)18-3-2-4-19(24)14-18/h2-14H,1H3,(H,25,26,27). The van der Waals surface area contributed by atoms with Gasteiger partial charge in [0.1, 0.15) is 5.82 Å². The van der Waals surface area contributed by atoms with Gasteiger partial charge in [0.2, 0.25) is 0 Å². The second kappa shape index (κ2) is 7.89. The lowest BCUT2D eigenvalue weighted by Gasteiger charge is -2.08. The van der Waals surface area contributed by atoms with E-state index in [4.69, 9.17) is 11.6 Å². The van der Waals surface area contributed by atoms with Crippen LogP contribution in [0.15, 0.2) is 83.8 Å². The second-order valence-electron chi connectivity index (χ2n) is 6.86. The number of hydrogen-bond donors (Lipinski definition) is 1. The number of amides is 1. The Balaban J connectivity index is 1.59. The van der Waals surface area contributed by atoms with E-state index < -0.39 is 9.84 Å². The predicted molar refractivity (Wildman–Crippen MR) is 120 cm³/mol. The van der Waals surface area contributed by atoms with Crippen molar-refractivity contribution in [3.8, 4) is 11.1 Å². The molecule has 0 spiro atoms. The average Bonchev–Trinajstić information content (AvgIpc) is 2.73. The van der Waals surface area contributed by atoms with Crippen molar-refractivity contribution in [2.24, 2.45) is 0 Å². The number of nitrogens with one attached hydrogen (secondary N) is 1. The lowest BCUT2D eigenvalue weighted by molar-refractivity contribution is 0.102. The van der Waals surface area contributed by atoms with Crippen molar-refractivity contribution in [3.63, 3.8) is 0 Å². The van der Waals surface area contributed by atoms with E-state index in [-0.39, 0.29) is 10.8 Å². The van der Waals surface area contributed by atoms with Crippen LogP contribution in [-0.4, -0.2) is 25.6 Å². The number of sulfone groups is 1. The normalized spacial score (nSPS) is 11.4. The molecule has 4 aromatic rings. The SMILES string of the molecule is CS(=O)(=O)c1ccc(-c2ccc3nc(NC(=O)c4cccc(Cl)c4)ccc3c2)cc1. The summed E-state index contributed by atoms with van der Waals surface area (Å²) in [5.74, 6) is 0.157. The van der Waals surface area contributed by atoms with Crippen LogP contribution in [-0.2, 0) is 9.84 Å². The zero-order chi connectivity index (χ0) is 21.3. The Morgan fingerprint density at radius 1 is 0.900 bits per heavy atom. The largest absolute Gasteiger partial charge is 0.307 e. The first-order valence-electron chi connectivity index (χ1n) is 9.08. The molecule has 1 aromatic heterocycles. The Kier molecular flexibility index (Phi) is 5.28. The van der Waals surface area contributed by atoms with Crippen molar-refractivity contribution in [1.29, 1.82) is 0 Å². The molecule has 0 saturated heterocycles. The summed E-state index contributed by atoms with van der Waals surface area (Å²) in [6.07, 6.45) is 1.19. The van der Waals surface area contributed by atoms with Gasteiger partial charge in [-0.15, -0.1) is 0 Å². The van der Waals surface area contributed by atoms with Crippen LogP contribution in [0.4, 0.5) is 5.82 Å². The van der Waals surface area contributed by atoms with Gasteiger partial charge >= 0.3 is 0 Å². The van der Waals surface area contributed by atoms with E-state index in [2.05, 4.69) is 10.3 Å². The monoisotopic (exact) mass is 436 g/mol. The van der Waals surface area contributed by atoms with Crippen molar-refractivity contribution in [3.05, 3.63) is 89.4 Å². The Hall–Kier alpha value is -3.22. The molecule has 0 bridgehead atoms. The summed E-state index contributed by atoms with van der Waals surface area (Å²) in [5, 5.41) is 4.17. The molecule has 4 rings (SSSR count). The number of hydrogen-bond acceptors (Lipinski definition) is 4. The van der Waals surface area contributed by atoms with Gasteiger partial charge in [-0.1, -0.05) is 35.9 Å². The molecule has 1 N–H and O–H groups in total. The fourth-order valence-electron chi connectivity index (χ4n) is 3.09. The highest BCUT2D eigenvalue weighted by molar-refractivity contribution is 7.90. The van der Waals surface area contributed by atoms with Gasteiger partial charge in [0.05, 0.1) is 10.4 Å². The lowest BCUT2D eigenvalue weighted by Crippen LogP contribution is -2.12. The molecule has 0 radical (unpaired) electrons. The number of nitrogens with zero attached hydrogens (tertiary/aromatic N) is 1. The molecule has 30 heavy (non-hydrogen) atoms. The molecule has 5 nitrogen and oxygen atoms in total. The third kappa shape index (κ3) is 4.35. The Bertz CT molecular complexity index is 1370. The smallest absolute Gasteiger partial charge is 0.256 e. The summed E-state index contributed by atoms with van der Waals surface area (Å²) in [5.41, 5.74) is 3.04. The summed E-state index contributed by atoms with van der Waals surface area (Å²) in [6, 6.07) is 22.8. The van der Waals surface area contributed by atoms with Crippen molar-refractivity contribution in [2.45, 2.75) is 4.90 Å². The minimum absolute atomic E-state index is 0.285. The third-order valence-electron chi connectivity index (χ3n) is 4.63. The number of pyridine rings is 1. The first-order chi connectivity index (χ1) is 14.3. The van der Waals surface area contributed by atoms with E-state index in [1.54, 1.807) is 54.6 Å². The zero-order valence-corrected chi connectivity index (χ0v) is 17.5. The number of fused-ring (bicyclic) bond motifs is 1. The number of anilines is 1. The Labute approximate surface area is 179 Å². The van der Waals surface area contributed by atoms with Gasteiger partial charge in [0.25, 0.3) is 5.91 Å².